The van der Waals surface area contributed by atoms with Crippen LogP contribution in [-0.4, -0.2) is 40.5 Å². The van der Waals surface area contributed by atoms with Gasteiger partial charge < -0.3 is 10.5 Å². The maximum Gasteiger partial charge on any atom is 0.309 e. The van der Waals surface area contributed by atoms with Gasteiger partial charge >= 0.3 is 5.97 Å². The molecule has 2 heterocycles. The zero-order valence-corrected chi connectivity index (χ0v) is 12.1. The quantitative estimate of drug-likeness (QED) is 0.832. The Hall–Kier alpha value is -1.69. The normalized spacial score (nSPS) is 17.1. The van der Waals surface area contributed by atoms with Gasteiger partial charge in [-0.25, -0.2) is 9.97 Å². The van der Waals surface area contributed by atoms with E-state index in [0.29, 0.717) is 19.0 Å². The fraction of sp³-hybridized carbons (Fsp3) is 0.643. The number of piperidine rings is 1. The summed E-state index contributed by atoms with van der Waals surface area (Å²) in [5, 5.41) is 0. The third-order valence-electron chi connectivity index (χ3n) is 3.49. The first-order valence-electron chi connectivity index (χ1n) is 7.07. The molecular formula is C14H22N4O2. The first-order valence-corrected chi connectivity index (χ1v) is 7.07. The molecule has 1 saturated heterocycles. The van der Waals surface area contributed by atoms with Gasteiger partial charge in [-0.1, -0.05) is 0 Å². The van der Waals surface area contributed by atoms with Crippen molar-refractivity contribution < 1.29 is 9.53 Å². The van der Waals surface area contributed by atoms with Gasteiger partial charge in [0, 0.05) is 11.8 Å². The number of carbonyl (C=O) groups excluding carboxylic acids is 1. The average molecular weight is 278 g/mol. The standard InChI is InChI=1S/C14H22N4O2/c1-3-20-14(19)11-4-6-18(7-5-11)9-13-16-10(2)8-12(15)17-13/h8,11H,3-7,9H2,1-2H3,(H2,15,16,17). The smallest absolute Gasteiger partial charge is 0.309 e. The number of nitrogens with two attached hydrogens (primary N) is 1. The average Bonchev–Trinajstić information content (AvgIpc) is 2.38. The summed E-state index contributed by atoms with van der Waals surface area (Å²) < 4.78 is 5.07. The van der Waals surface area contributed by atoms with Gasteiger partial charge in [-0.2, -0.15) is 0 Å². The van der Waals surface area contributed by atoms with Crippen LogP contribution in [-0.2, 0) is 16.1 Å². The second-order valence-corrected chi connectivity index (χ2v) is 5.15. The highest BCUT2D eigenvalue weighted by Gasteiger charge is 2.26. The van der Waals surface area contributed by atoms with Crippen LogP contribution in [0, 0.1) is 12.8 Å². The van der Waals surface area contributed by atoms with Crippen LogP contribution in [0.5, 0.6) is 0 Å². The van der Waals surface area contributed by atoms with Crippen molar-refractivity contribution >= 4 is 11.8 Å². The summed E-state index contributed by atoms with van der Waals surface area (Å²) in [6.07, 6.45) is 1.67. The van der Waals surface area contributed by atoms with Crippen LogP contribution in [0.1, 0.15) is 31.3 Å². The number of carbonyl (C=O) groups is 1. The molecule has 6 nitrogen and oxygen atoms in total. The summed E-state index contributed by atoms with van der Waals surface area (Å²) in [5.74, 6) is 1.23. The van der Waals surface area contributed by atoms with Crippen LogP contribution in [0.25, 0.3) is 0 Å². The largest absolute Gasteiger partial charge is 0.466 e. The van der Waals surface area contributed by atoms with E-state index in [-0.39, 0.29) is 11.9 Å². The van der Waals surface area contributed by atoms with Crippen molar-refractivity contribution in [2.75, 3.05) is 25.4 Å². The number of aryl methyl sites for hydroxylation is 1. The van der Waals surface area contributed by atoms with Crippen LogP contribution in [0.4, 0.5) is 5.82 Å². The number of rotatable bonds is 4. The van der Waals surface area contributed by atoms with Crippen LogP contribution in [0.15, 0.2) is 6.07 Å². The Balaban J connectivity index is 1.86. The number of ether oxygens (including phenoxy) is 1. The van der Waals surface area contributed by atoms with E-state index in [1.54, 1.807) is 6.07 Å². The van der Waals surface area contributed by atoms with Crippen LogP contribution < -0.4 is 5.73 Å². The molecule has 0 bridgehead atoms. The van der Waals surface area contributed by atoms with E-state index in [4.69, 9.17) is 10.5 Å². The predicted octanol–water partition coefficient (Wildman–Crippen LogP) is 1.14. The molecule has 0 amide bonds. The molecule has 2 rings (SSSR count). The van der Waals surface area contributed by atoms with Crippen molar-refractivity contribution in [2.45, 2.75) is 33.2 Å². The number of nitrogens with zero attached hydrogens (tertiary/aromatic N) is 3. The number of hydrogen-bond acceptors (Lipinski definition) is 6. The number of aromatic nitrogens is 2. The molecule has 0 atom stereocenters. The summed E-state index contributed by atoms with van der Waals surface area (Å²) >= 11 is 0. The van der Waals surface area contributed by atoms with Crippen LogP contribution >= 0.6 is 0 Å². The Labute approximate surface area is 119 Å². The second-order valence-electron chi connectivity index (χ2n) is 5.15. The number of esters is 1. The molecule has 0 saturated carbocycles. The van der Waals surface area contributed by atoms with E-state index < -0.39 is 0 Å². The molecule has 1 aliphatic rings. The van der Waals surface area contributed by atoms with Gasteiger partial charge in [0.1, 0.15) is 11.6 Å². The second kappa shape index (κ2) is 6.65. The summed E-state index contributed by atoms with van der Waals surface area (Å²) in [7, 11) is 0. The molecule has 0 radical (unpaired) electrons. The fourth-order valence-electron chi connectivity index (χ4n) is 2.51. The first-order chi connectivity index (χ1) is 9.58. The van der Waals surface area contributed by atoms with Crippen molar-refractivity contribution in [3.63, 3.8) is 0 Å². The number of hydrogen-bond donors (Lipinski definition) is 1. The topological polar surface area (TPSA) is 81.3 Å². The lowest BCUT2D eigenvalue weighted by Gasteiger charge is -2.30. The van der Waals surface area contributed by atoms with Gasteiger partial charge in [-0.15, -0.1) is 0 Å². The van der Waals surface area contributed by atoms with Gasteiger partial charge in [0.2, 0.25) is 0 Å². The van der Waals surface area contributed by atoms with Gasteiger partial charge in [-0.3, -0.25) is 9.69 Å². The highest BCUT2D eigenvalue weighted by atomic mass is 16.5. The Morgan fingerprint density at radius 3 is 2.75 bits per heavy atom. The Morgan fingerprint density at radius 1 is 1.45 bits per heavy atom. The number of likely N-dealkylation sites (tertiary alicyclic amines) is 1. The lowest BCUT2D eigenvalue weighted by molar-refractivity contribution is -0.149. The molecule has 1 fully saturated rings. The van der Waals surface area contributed by atoms with Gasteiger partial charge in [0.05, 0.1) is 19.1 Å². The number of nitrogen functional groups attached to an aromatic ring is 1. The van der Waals surface area contributed by atoms with Crippen molar-refractivity contribution in [3.05, 3.63) is 17.6 Å². The molecule has 0 spiro atoms. The lowest BCUT2D eigenvalue weighted by Crippen LogP contribution is -2.37. The highest BCUT2D eigenvalue weighted by Crippen LogP contribution is 2.19. The molecule has 20 heavy (non-hydrogen) atoms. The van der Waals surface area contributed by atoms with Crippen molar-refractivity contribution in [1.29, 1.82) is 0 Å². The van der Waals surface area contributed by atoms with Crippen molar-refractivity contribution in [3.8, 4) is 0 Å². The molecule has 6 heteroatoms. The molecule has 0 aliphatic carbocycles. The maximum atomic E-state index is 11.7. The maximum absolute atomic E-state index is 11.7. The first kappa shape index (κ1) is 14.7. The molecular weight excluding hydrogens is 256 g/mol. The fourth-order valence-corrected chi connectivity index (χ4v) is 2.51. The zero-order valence-electron chi connectivity index (χ0n) is 12.1. The van der Waals surface area contributed by atoms with E-state index in [2.05, 4.69) is 14.9 Å². The minimum atomic E-state index is -0.0665. The molecule has 110 valence electrons. The molecule has 1 aromatic heterocycles. The monoisotopic (exact) mass is 278 g/mol. The molecule has 1 aromatic rings. The third-order valence-corrected chi connectivity index (χ3v) is 3.49. The van der Waals surface area contributed by atoms with Crippen LogP contribution in [0.3, 0.4) is 0 Å². The highest BCUT2D eigenvalue weighted by molar-refractivity contribution is 5.72. The molecule has 0 aromatic carbocycles. The van der Waals surface area contributed by atoms with E-state index in [1.807, 2.05) is 13.8 Å². The predicted molar refractivity (Wildman–Crippen MR) is 75.8 cm³/mol. The summed E-state index contributed by atoms with van der Waals surface area (Å²) in [6.45, 7) is 6.61. The van der Waals surface area contributed by atoms with Crippen LogP contribution in [0.2, 0.25) is 0 Å². The SMILES string of the molecule is CCOC(=O)C1CCN(Cc2nc(C)cc(N)n2)CC1. The molecule has 0 unspecified atom stereocenters. The molecule has 2 N–H and O–H groups in total. The summed E-state index contributed by atoms with van der Waals surface area (Å²) in [6, 6.07) is 1.76. The van der Waals surface area contributed by atoms with E-state index in [9.17, 15) is 4.79 Å². The zero-order chi connectivity index (χ0) is 14.5. The lowest BCUT2D eigenvalue weighted by atomic mass is 9.97. The summed E-state index contributed by atoms with van der Waals surface area (Å²) in [5.41, 5.74) is 6.61. The third kappa shape index (κ3) is 3.90. The molecule has 1 aliphatic heterocycles. The minimum Gasteiger partial charge on any atom is -0.466 e. The van der Waals surface area contributed by atoms with Gasteiger partial charge in [0.15, 0.2) is 0 Å². The van der Waals surface area contributed by atoms with E-state index >= 15 is 0 Å². The van der Waals surface area contributed by atoms with Crippen molar-refractivity contribution in [2.24, 2.45) is 5.92 Å². The van der Waals surface area contributed by atoms with Crippen molar-refractivity contribution in [1.82, 2.24) is 14.9 Å². The van der Waals surface area contributed by atoms with Gasteiger partial charge in [-0.05, 0) is 39.8 Å². The summed E-state index contributed by atoms with van der Waals surface area (Å²) in [4.78, 5) is 22.6. The Kier molecular flexibility index (Phi) is 4.89. The van der Waals surface area contributed by atoms with E-state index in [1.165, 1.54) is 0 Å². The Bertz CT molecular complexity index is 450. The Morgan fingerprint density at radius 2 is 2.15 bits per heavy atom. The number of anilines is 1. The van der Waals surface area contributed by atoms with Gasteiger partial charge in [0.25, 0.3) is 0 Å². The van der Waals surface area contributed by atoms with E-state index in [0.717, 1.165) is 37.4 Å². The minimum absolute atomic E-state index is 0.0368.